The van der Waals surface area contributed by atoms with Crippen LogP contribution in [0.5, 0.6) is 0 Å². The molecule has 0 radical (unpaired) electrons. The molecule has 1 unspecified atom stereocenters. The van der Waals surface area contributed by atoms with E-state index in [-0.39, 0.29) is 0 Å². The first-order valence-corrected chi connectivity index (χ1v) is 6.91. The summed E-state index contributed by atoms with van der Waals surface area (Å²) < 4.78 is 4.83. The molecule has 0 spiro atoms. The van der Waals surface area contributed by atoms with Gasteiger partial charge in [-0.2, -0.15) is 0 Å². The Balaban J connectivity index is 2.70. The van der Waals surface area contributed by atoms with Crippen molar-refractivity contribution >= 4 is 40.6 Å². The Morgan fingerprint density at radius 3 is 2.81 bits per heavy atom. The zero-order valence-corrected chi connectivity index (χ0v) is 13.0. The molecule has 2 rings (SSSR count). The van der Waals surface area contributed by atoms with Gasteiger partial charge in [-0.3, -0.25) is 5.87 Å². The summed E-state index contributed by atoms with van der Waals surface area (Å²) in [7, 11) is 1.30. The summed E-state index contributed by atoms with van der Waals surface area (Å²) >= 11 is 11.2. The Hall–Kier alpha value is -1.94. The quantitative estimate of drug-likeness (QED) is 0.394. The highest BCUT2D eigenvalue weighted by Crippen LogP contribution is 2.37. The maximum atomic E-state index is 12.1. The standard InChI is InChI=1S/C15H12ClN2O2S/c1-8-12(15(19)20-2)13(11(7-17)14(21)18-8)9-4-3-5-10(16)6-9/h3-6,13H,1-2H3,(H,18,21)/q-1. The highest BCUT2D eigenvalue weighted by atomic mass is 35.5. The molecule has 0 fully saturated rings. The number of carbonyl (C=O) groups excluding carboxylic acids is 1. The minimum Gasteiger partial charge on any atom is -0.763 e. The van der Waals surface area contributed by atoms with Gasteiger partial charge in [0.1, 0.15) is 4.99 Å². The number of hydrogen-bond donors (Lipinski definition) is 1. The van der Waals surface area contributed by atoms with Crippen molar-refractivity contribution in [3.63, 3.8) is 0 Å². The van der Waals surface area contributed by atoms with Crippen LogP contribution in [0.4, 0.5) is 0 Å². The van der Waals surface area contributed by atoms with Crippen molar-refractivity contribution in [1.29, 1.82) is 0 Å². The second-order valence-corrected chi connectivity index (χ2v) is 5.34. The van der Waals surface area contributed by atoms with E-state index in [0.29, 0.717) is 26.9 Å². The van der Waals surface area contributed by atoms with Crippen LogP contribution in [0.3, 0.4) is 0 Å². The van der Waals surface area contributed by atoms with Crippen LogP contribution in [0.1, 0.15) is 18.4 Å². The van der Waals surface area contributed by atoms with Gasteiger partial charge in [0.05, 0.1) is 18.6 Å². The van der Waals surface area contributed by atoms with Gasteiger partial charge in [-0.15, -0.1) is 0 Å². The molecule has 0 saturated carbocycles. The molecule has 1 aliphatic rings. The fraction of sp³-hybridized carbons (Fsp3) is 0.200. The van der Waals surface area contributed by atoms with Gasteiger partial charge in [-0.05, 0) is 24.6 Å². The van der Waals surface area contributed by atoms with Crippen LogP contribution in [-0.4, -0.2) is 23.9 Å². The zero-order chi connectivity index (χ0) is 15.6. The molecule has 6 heteroatoms. The van der Waals surface area contributed by atoms with E-state index in [1.165, 1.54) is 7.11 Å². The van der Waals surface area contributed by atoms with E-state index in [1.54, 1.807) is 31.2 Å². The SMILES string of the molecule is COC(=O)C1=C(C)NC(=S)C(=C=[N-])C1c1cccc(Cl)c1. The number of nitrogens with one attached hydrogen (secondary N) is 1. The van der Waals surface area contributed by atoms with Crippen LogP contribution in [0.25, 0.3) is 5.41 Å². The summed E-state index contributed by atoms with van der Waals surface area (Å²) in [6.45, 7) is 1.73. The Bertz CT molecular complexity index is 705. The minimum atomic E-state index is -0.574. The van der Waals surface area contributed by atoms with Gasteiger partial charge in [0.15, 0.2) is 0 Å². The van der Waals surface area contributed by atoms with E-state index in [2.05, 4.69) is 11.2 Å². The van der Waals surface area contributed by atoms with Gasteiger partial charge in [0.25, 0.3) is 0 Å². The van der Waals surface area contributed by atoms with Gasteiger partial charge < -0.3 is 15.5 Å². The van der Waals surface area contributed by atoms with Crippen molar-refractivity contribution in [1.82, 2.24) is 5.32 Å². The lowest BCUT2D eigenvalue weighted by Crippen LogP contribution is -2.35. The van der Waals surface area contributed by atoms with Crippen molar-refractivity contribution in [2.45, 2.75) is 12.8 Å². The number of nitrogens with zero attached hydrogens (tertiary/aromatic N) is 1. The number of esters is 1. The molecule has 0 bridgehead atoms. The molecule has 21 heavy (non-hydrogen) atoms. The van der Waals surface area contributed by atoms with Crippen molar-refractivity contribution in [2.24, 2.45) is 0 Å². The molecule has 0 amide bonds. The van der Waals surface area contributed by atoms with Gasteiger partial charge in [0.2, 0.25) is 0 Å². The van der Waals surface area contributed by atoms with Crippen molar-refractivity contribution in [3.05, 3.63) is 57.1 Å². The number of thiocarbonyl (C=S) groups is 1. The Morgan fingerprint density at radius 1 is 1.52 bits per heavy atom. The second-order valence-electron chi connectivity index (χ2n) is 4.50. The summed E-state index contributed by atoms with van der Waals surface area (Å²) in [5.41, 5.74) is 1.97. The highest BCUT2D eigenvalue weighted by molar-refractivity contribution is 7.80. The topological polar surface area (TPSA) is 60.6 Å². The lowest BCUT2D eigenvalue weighted by atomic mass is 9.81. The molecular formula is C15H12ClN2O2S-. The number of methoxy groups -OCH3 is 1. The number of ether oxygens (including phenoxy) is 1. The number of hydrogen-bond acceptors (Lipinski definition) is 3. The zero-order valence-electron chi connectivity index (χ0n) is 11.4. The molecule has 1 aromatic carbocycles. The van der Waals surface area contributed by atoms with E-state index in [4.69, 9.17) is 28.6 Å². The predicted octanol–water partition coefficient (Wildman–Crippen LogP) is 2.97. The Kier molecular flexibility index (Phi) is 4.58. The van der Waals surface area contributed by atoms with Crippen LogP contribution in [0.15, 0.2) is 41.1 Å². The highest BCUT2D eigenvalue weighted by Gasteiger charge is 2.34. The van der Waals surface area contributed by atoms with Crippen LogP contribution in [0, 0.1) is 0 Å². The van der Waals surface area contributed by atoms with Crippen LogP contribution >= 0.6 is 23.8 Å². The number of allylic oxidation sites excluding steroid dienone is 1. The molecule has 0 saturated heterocycles. The molecule has 0 aliphatic carbocycles. The lowest BCUT2D eigenvalue weighted by molar-refractivity contribution is -0.136. The molecule has 108 valence electrons. The van der Waals surface area contributed by atoms with Crippen molar-refractivity contribution in [2.75, 3.05) is 7.11 Å². The van der Waals surface area contributed by atoms with E-state index in [1.807, 2.05) is 0 Å². The van der Waals surface area contributed by atoms with E-state index in [0.717, 1.165) is 5.56 Å². The van der Waals surface area contributed by atoms with Gasteiger partial charge in [-0.25, -0.2) is 4.79 Å². The molecule has 0 aromatic heterocycles. The molecule has 4 nitrogen and oxygen atoms in total. The van der Waals surface area contributed by atoms with Gasteiger partial charge in [0, 0.05) is 16.3 Å². The average molecular weight is 320 g/mol. The molecule has 1 heterocycles. The normalized spacial score (nSPS) is 18.1. The summed E-state index contributed by atoms with van der Waals surface area (Å²) in [5, 5.41) is 12.8. The van der Waals surface area contributed by atoms with E-state index in [9.17, 15) is 10.2 Å². The number of carbonyl (C=O) groups is 1. The van der Waals surface area contributed by atoms with Crippen molar-refractivity contribution < 1.29 is 9.53 Å². The summed E-state index contributed by atoms with van der Waals surface area (Å²) in [6, 6.07) is 7.01. The first-order valence-electron chi connectivity index (χ1n) is 6.12. The average Bonchev–Trinajstić information content (AvgIpc) is 2.45. The second kappa shape index (κ2) is 6.22. The van der Waals surface area contributed by atoms with E-state index >= 15 is 0 Å². The molecule has 1 atom stereocenters. The number of halogens is 1. The maximum Gasteiger partial charge on any atom is 0.336 e. The summed E-state index contributed by atoms with van der Waals surface area (Å²) in [5.74, 6) is 1.01. The summed E-state index contributed by atoms with van der Waals surface area (Å²) in [6.07, 6.45) is 0. The van der Waals surface area contributed by atoms with Crippen LogP contribution in [-0.2, 0) is 9.53 Å². The minimum absolute atomic E-state index is 0.304. The Morgan fingerprint density at radius 2 is 2.24 bits per heavy atom. The predicted molar refractivity (Wildman–Crippen MR) is 86.5 cm³/mol. The van der Waals surface area contributed by atoms with Crippen LogP contribution in [0.2, 0.25) is 5.02 Å². The summed E-state index contributed by atoms with van der Waals surface area (Å²) in [4.78, 5) is 12.4. The number of benzene rings is 1. The van der Waals surface area contributed by atoms with E-state index < -0.39 is 11.9 Å². The smallest absolute Gasteiger partial charge is 0.336 e. The largest absolute Gasteiger partial charge is 0.763 e. The van der Waals surface area contributed by atoms with Gasteiger partial charge in [-0.1, -0.05) is 36.0 Å². The molecule has 1 N–H and O–H groups in total. The first kappa shape index (κ1) is 15.4. The first-order chi connectivity index (χ1) is 9.99. The fourth-order valence-electron chi connectivity index (χ4n) is 2.31. The number of rotatable bonds is 2. The third-order valence-corrected chi connectivity index (χ3v) is 3.79. The third-order valence-electron chi connectivity index (χ3n) is 3.23. The van der Waals surface area contributed by atoms with Crippen molar-refractivity contribution in [3.8, 4) is 0 Å². The Labute approximate surface area is 133 Å². The maximum absolute atomic E-state index is 12.1. The lowest BCUT2D eigenvalue weighted by Gasteiger charge is -2.30. The molecule has 1 aliphatic heterocycles. The molecule has 1 aromatic rings. The van der Waals surface area contributed by atoms with Gasteiger partial charge >= 0.3 is 5.97 Å². The third kappa shape index (κ3) is 2.90. The monoisotopic (exact) mass is 319 g/mol. The van der Waals surface area contributed by atoms with Crippen LogP contribution < -0.4 is 5.32 Å². The molecular weight excluding hydrogens is 308 g/mol. The fourth-order valence-corrected chi connectivity index (χ4v) is 2.83.